The number of aliphatic hydroxyl groups is 3. The summed E-state index contributed by atoms with van der Waals surface area (Å²) in [5, 5.41) is 28.7. The van der Waals surface area contributed by atoms with Gasteiger partial charge in [-0.05, 0) is 0 Å². The van der Waals surface area contributed by atoms with E-state index in [1.807, 2.05) is 19.8 Å². The molecule has 0 aromatic heterocycles. The molecule has 0 amide bonds. The summed E-state index contributed by atoms with van der Waals surface area (Å²) in [7, 11) is 0. The Bertz CT molecular complexity index is 388. The Labute approximate surface area is 122 Å². The first-order valence-corrected chi connectivity index (χ1v) is 6.35. The van der Waals surface area contributed by atoms with Gasteiger partial charge >= 0.3 is 11.9 Å². The third-order valence-corrected chi connectivity index (χ3v) is 2.38. The van der Waals surface area contributed by atoms with Gasteiger partial charge < -0.3 is 29.5 Å². The van der Waals surface area contributed by atoms with Crippen molar-refractivity contribution in [2.75, 3.05) is 6.61 Å². The van der Waals surface area contributed by atoms with E-state index >= 15 is 0 Å². The molecule has 0 aliphatic carbocycles. The summed E-state index contributed by atoms with van der Waals surface area (Å²) in [6, 6.07) is 0. The van der Waals surface area contributed by atoms with Gasteiger partial charge in [-0.15, -0.1) is 6.42 Å². The van der Waals surface area contributed by atoms with Crippen molar-refractivity contribution in [3.8, 4) is 12.3 Å². The molecule has 5 unspecified atom stereocenters. The quantitative estimate of drug-likeness (QED) is 0.428. The SMILES string of the molecule is C#CCOC(=O)C1OC(OC(C)=O)C(O)C(O)C1O.CC. The summed E-state index contributed by atoms with van der Waals surface area (Å²) in [6.45, 7) is 4.71. The molecule has 0 bridgehead atoms. The van der Waals surface area contributed by atoms with Gasteiger partial charge in [0, 0.05) is 6.92 Å². The lowest BCUT2D eigenvalue weighted by Gasteiger charge is -2.38. The third-order valence-electron chi connectivity index (χ3n) is 2.38. The van der Waals surface area contributed by atoms with Crippen LogP contribution in [0.25, 0.3) is 0 Å². The maximum absolute atomic E-state index is 11.5. The first-order valence-electron chi connectivity index (χ1n) is 6.35. The number of aliphatic hydroxyl groups excluding tert-OH is 3. The van der Waals surface area contributed by atoms with Crippen LogP contribution in [0.5, 0.6) is 0 Å². The van der Waals surface area contributed by atoms with Gasteiger partial charge in [-0.3, -0.25) is 4.79 Å². The topological polar surface area (TPSA) is 123 Å². The predicted molar refractivity (Wildman–Crippen MR) is 69.6 cm³/mol. The highest BCUT2D eigenvalue weighted by Gasteiger charge is 2.48. The van der Waals surface area contributed by atoms with Crippen LogP contribution in [0.4, 0.5) is 0 Å². The first-order chi connectivity index (χ1) is 9.88. The largest absolute Gasteiger partial charge is 0.451 e. The van der Waals surface area contributed by atoms with Gasteiger partial charge in [0.1, 0.15) is 18.3 Å². The molecule has 1 rings (SSSR count). The van der Waals surface area contributed by atoms with Gasteiger partial charge in [0.25, 0.3) is 0 Å². The monoisotopic (exact) mass is 304 g/mol. The molecule has 0 radical (unpaired) electrons. The van der Waals surface area contributed by atoms with Crippen LogP contribution in [0.3, 0.4) is 0 Å². The van der Waals surface area contributed by atoms with Crippen molar-refractivity contribution in [3.63, 3.8) is 0 Å². The Morgan fingerprint density at radius 2 is 1.76 bits per heavy atom. The summed E-state index contributed by atoms with van der Waals surface area (Å²) >= 11 is 0. The number of carbonyl (C=O) groups excluding carboxylic acids is 2. The van der Waals surface area contributed by atoms with E-state index in [0.717, 1.165) is 6.92 Å². The highest BCUT2D eigenvalue weighted by molar-refractivity contribution is 5.76. The van der Waals surface area contributed by atoms with Gasteiger partial charge in [-0.2, -0.15) is 0 Å². The predicted octanol–water partition coefficient (Wildman–Crippen LogP) is -1.44. The third kappa shape index (κ3) is 5.32. The molecular weight excluding hydrogens is 284 g/mol. The van der Waals surface area contributed by atoms with Crippen LogP contribution in [0.2, 0.25) is 0 Å². The fraction of sp³-hybridized carbons (Fsp3) is 0.692. The van der Waals surface area contributed by atoms with Gasteiger partial charge in [0.2, 0.25) is 6.29 Å². The lowest BCUT2D eigenvalue weighted by molar-refractivity contribution is -0.286. The summed E-state index contributed by atoms with van der Waals surface area (Å²) in [5.41, 5.74) is 0. The molecule has 1 aliphatic rings. The van der Waals surface area contributed by atoms with Crippen molar-refractivity contribution < 1.29 is 39.1 Å². The Kier molecular flexibility index (Phi) is 8.57. The second-order valence-corrected chi connectivity index (χ2v) is 3.82. The molecule has 0 aromatic rings. The second-order valence-electron chi connectivity index (χ2n) is 3.82. The van der Waals surface area contributed by atoms with E-state index in [1.165, 1.54) is 0 Å². The van der Waals surface area contributed by atoms with Crippen LogP contribution in [-0.4, -0.2) is 64.6 Å². The van der Waals surface area contributed by atoms with Crippen molar-refractivity contribution in [2.45, 2.75) is 51.5 Å². The van der Waals surface area contributed by atoms with Crippen molar-refractivity contribution in [3.05, 3.63) is 0 Å². The number of rotatable bonds is 3. The zero-order chi connectivity index (χ0) is 16.6. The summed E-state index contributed by atoms with van der Waals surface area (Å²) in [6.07, 6.45) is -3.45. The summed E-state index contributed by atoms with van der Waals surface area (Å²) < 4.78 is 14.0. The molecule has 5 atom stereocenters. The molecule has 120 valence electrons. The number of esters is 2. The van der Waals surface area contributed by atoms with Gasteiger partial charge in [-0.25, -0.2) is 4.79 Å². The van der Waals surface area contributed by atoms with Crippen molar-refractivity contribution >= 4 is 11.9 Å². The molecule has 3 N–H and O–H groups in total. The number of ether oxygens (including phenoxy) is 3. The van der Waals surface area contributed by atoms with E-state index in [1.54, 1.807) is 0 Å². The molecule has 8 heteroatoms. The molecule has 1 fully saturated rings. The second kappa shape index (κ2) is 9.31. The Hall–Kier alpha value is -1.66. The molecule has 21 heavy (non-hydrogen) atoms. The van der Waals surface area contributed by atoms with Crippen LogP contribution < -0.4 is 0 Å². The normalized spacial score (nSPS) is 31.2. The van der Waals surface area contributed by atoms with Crippen molar-refractivity contribution in [1.29, 1.82) is 0 Å². The first kappa shape index (κ1) is 19.3. The van der Waals surface area contributed by atoms with Crippen molar-refractivity contribution in [2.24, 2.45) is 0 Å². The Balaban J connectivity index is 0.00000191. The van der Waals surface area contributed by atoms with Crippen LogP contribution >= 0.6 is 0 Å². The number of hydrogen-bond acceptors (Lipinski definition) is 8. The molecule has 0 aromatic carbocycles. The minimum Gasteiger partial charge on any atom is -0.451 e. The fourth-order valence-electron chi connectivity index (χ4n) is 1.50. The molecule has 1 heterocycles. The number of terminal acetylenes is 1. The lowest BCUT2D eigenvalue weighted by Crippen LogP contribution is -2.60. The van der Waals surface area contributed by atoms with Crippen molar-refractivity contribution in [1.82, 2.24) is 0 Å². The molecule has 1 saturated heterocycles. The zero-order valence-corrected chi connectivity index (χ0v) is 12.1. The highest BCUT2D eigenvalue weighted by atomic mass is 16.7. The van der Waals surface area contributed by atoms with Gasteiger partial charge in [0.05, 0.1) is 0 Å². The van der Waals surface area contributed by atoms with E-state index < -0.39 is 42.6 Å². The molecule has 8 nitrogen and oxygen atoms in total. The van der Waals surface area contributed by atoms with E-state index in [-0.39, 0.29) is 6.61 Å². The van der Waals surface area contributed by atoms with E-state index in [9.17, 15) is 24.9 Å². The standard InChI is InChI=1S/C11H14O8.C2H6/c1-3-4-17-10(16)9-7(14)6(13)8(15)11(19-9)18-5(2)12;1-2/h1,6-9,11,13-15H,4H2,2H3;1-2H3. The average Bonchev–Trinajstić information content (AvgIpc) is 2.47. The lowest BCUT2D eigenvalue weighted by atomic mass is 9.99. The van der Waals surface area contributed by atoms with Crippen LogP contribution in [-0.2, 0) is 23.8 Å². The minimum atomic E-state index is -1.73. The molecule has 0 spiro atoms. The Morgan fingerprint density at radius 1 is 1.19 bits per heavy atom. The summed E-state index contributed by atoms with van der Waals surface area (Å²) in [5.74, 6) is 0.216. The van der Waals surface area contributed by atoms with E-state index in [4.69, 9.17) is 11.2 Å². The Morgan fingerprint density at radius 3 is 2.24 bits per heavy atom. The zero-order valence-electron chi connectivity index (χ0n) is 12.1. The van der Waals surface area contributed by atoms with Crippen LogP contribution in [0.15, 0.2) is 0 Å². The fourth-order valence-corrected chi connectivity index (χ4v) is 1.50. The minimum absolute atomic E-state index is 0.345. The van der Waals surface area contributed by atoms with Crippen LogP contribution in [0, 0.1) is 12.3 Å². The maximum atomic E-state index is 11.5. The van der Waals surface area contributed by atoms with Gasteiger partial charge in [-0.1, -0.05) is 19.8 Å². The number of hydrogen-bond donors (Lipinski definition) is 3. The smallest absolute Gasteiger partial charge is 0.339 e. The van der Waals surface area contributed by atoms with Gasteiger partial charge in [0.15, 0.2) is 12.7 Å². The molecule has 0 saturated carbocycles. The van der Waals surface area contributed by atoms with E-state index in [2.05, 4.69) is 9.47 Å². The average molecular weight is 304 g/mol. The number of carbonyl (C=O) groups is 2. The summed E-state index contributed by atoms with van der Waals surface area (Å²) in [4.78, 5) is 22.3. The molecular formula is C13H20O8. The van der Waals surface area contributed by atoms with Crippen LogP contribution in [0.1, 0.15) is 20.8 Å². The maximum Gasteiger partial charge on any atom is 0.339 e. The highest BCUT2D eigenvalue weighted by Crippen LogP contribution is 2.23. The molecule has 1 aliphatic heterocycles. The van der Waals surface area contributed by atoms with E-state index in [0.29, 0.717) is 0 Å².